The van der Waals surface area contributed by atoms with Crippen LogP contribution in [0.15, 0.2) is 27.6 Å². The van der Waals surface area contributed by atoms with Gasteiger partial charge in [0.15, 0.2) is 0 Å². The van der Waals surface area contributed by atoms with Crippen LogP contribution >= 0.6 is 15.9 Å². The fourth-order valence-corrected chi connectivity index (χ4v) is 3.90. The summed E-state index contributed by atoms with van der Waals surface area (Å²) in [7, 11) is -3.75. The Balaban J connectivity index is 3.09. The number of halogens is 1. The fourth-order valence-electron chi connectivity index (χ4n) is 1.73. The largest absolute Gasteiger partial charge is 0.481 e. The highest BCUT2D eigenvalue weighted by atomic mass is 79.9. The molecule has 0 amide bonds. The highest BCUT2D eigenvalue weighted by molar-refractivity contribution is 9.10. The summed E-state index contributed by atoms with van der Waals surface area (Å²) in [5, 5.41) is 8.86. The standard InChI is InChI=1S/C13H18BrNO4S/c1-8(2)11(7-13(16)17)15-20(18,19)12-6-10(14)5-4-9(12)3/h4-6,8,11,15H,7H2,1-3H3,(H,16,17). The maximum atomic E-state index is 12.4. The summed E-state index contributed by atoms with van der Waals surface area (Å²) in [5.74, 6) is -1.15. The topological polar surface area (TPSA) is 83.5 Å². The third kappa shape index (κ3) is 4.57. The van der Waals surface area contributed by atoms with Crippen molar-refractivity contribution in [3.63, 3.8) is 0 Å². The zero-order valence-corrected chi connectivity index (χ0v) is 14.0. The highest BCUT2D eigenvalue weighted by Gasteiger charge is 2.25. The monoisotopic (exact) mass is 363 g/mol. The minimum absolute atomic E-state index is 0.117. The second-order valence-corrected chi connectivity index (χ2v) is 7.58. The molecule has 20 heavy (non-hydrogen) atoms. The molecule has 1 aromatic rings. The number of aliphatic carboxylic acids is 1. The van der Waals surface area contributed by atoms with Gasteiger partial charge in [-0.2, -0.15) is 0 Å². The number of rotatable bonds is 6. The lowest BCUT2D eigenvalue weighted by Crippen LogP contribution is -2.40. The summed E-state index contributed by atoms with van der Waals surface area (Å²) in [4.78, 5) is 11.0. The second kappa shape index (κ2) is 6.69. The van der Waals surface area contributed by atoms with Gasteiger partial charge in [-0.15, -0.1) is 0 Å². The number of benzene rings is 1. The van der Waals surface area contributed by atoms with Gasteiger partial charge < -0.3 is 5.11 Å². The Labute approximate surface area is 127 Å². The molecule has 1 unspecified atom stereocenters. The molecule has 0 aromatic heterocycles. The minimum Gasteiger partial charge on any atom is -0.481 e. The van der Waals surface area contributed by atoms with Gasteiger partial charge in [0.05, 0.1) is 11.3 Å². The van der Waals surface area contributed by atoms with Crippen molar-refractivity contribution in [3.05, 3.63) is 28.2 Å². The van der Waals surface area contributed by atoms with Crippen LogP contribution in [0.4, 0.5) is 0 Å². The van der Waals surface area contributed by atoms with Crippen LogP contribution in [0.3, 0.4) is 0 Å². The van der Waals surface area contributed by atoms with E-state index in [1.54, 1.807) is 32.9 Å². The van der Waals surface area contributed by atoms with Gasteiger partial charge in [0.25, 0.3) is 0 Å². The van der Waals surface area contributed by atoms with E-state index in [-0.39, 0.29) is 17.2 Å². The quantitative estimate of drug-likeness (QED) is 0.813. The van der Waals surface area contributed by atoms with Crippen molar-refractivity contribution < 1.29 is 18.3 Å². The van der Waals surface area contributed by atoms with Gasteiger partial charge >= 0.3 is 5.97 Å². The third-order valence-electron chi connectivity index (χ3n) is 2.95. The van der Waals surface area contributed by atoms with Crippen molar-refractivity contribution in [2.24, 2.45) is 5.92 Å². The molecule has 0 aliphatic carbocycles. The number of carboxylic acid groups (broad SMARTS) is 1. The SMILES string of the molecule is Cc1ccc(Br)cc1S(=O)(=O)NC(CC(=O)O)C(C)C. The molecule has 0 saturated carbocycles. The van der Waals surface area contributed by atoms with Crippen LogP contribution in [0.2, 0.25) is 0 Å². The molecule has 0 heterocycles. The van der Waals surface area contributed by atoms with Crippen molar-refractivity contribution in [1.29, 1.82) is 0 Å². The molecule has 7 heteroatoms. The van der Waals surface area contributed by atoms with E-state index < -0.39 is 22.0 Å². The van der Waals surface area contributed by atoms with Crippen molar-refractivity contribution in [2.45, 2.75) is 38.1 Å². The van der Waals surface area contributed by atoms with Crippen LogP contribution in [0.1, 0.15) is 25.8 Å². The summed E-state index contributed by atoms with van der Waals surface area (Å²) < 4.78 is 27.9. The molecule has 0 aliphatic heterocycles. The molecule has 2 N–H and O–H groups in total. The molecule has 0 spiro atoms. The average molecular weight is 364 g/mol. The molecule has 0 bridgehead atoms. The molecule has 0 saturated heterocycles. The third-order valence-corrected chi connectivity index (χ3v) is 5.07. The summed E-state index contributed by atoms with van der Waals surface area (Å²) >= 11 is 3.24. The zero-order chi connectivity index (χ0) is 15.5. The van der Waals surface area contributed by atoms with Crippen molar-refractivity contribution in [3.8, 4) is 0 Å². The highest BCUT2D eigenvalue weighted by Crippen LogP contribution is 2.21. The van der Waals surface area contributed by atoms with E-state index in [0.717, 1.165) is 0 Å². The predicted octanol–water partition coefficient (Wildman–Crippen LogP) is 2.54. The molecule has 5 nitrogen and oxygen atoms in total. The lowest BCUT2D eigenvalue weighted by atomic mass is 10.0. The van der Waals surface area contributed by atoms with Crippen LogP contribution in [0.5, 0.6) is 0 Å². The van der Waals surface area contributed by atoms with Gasteiger partial charge in [-0.3, -0.25) is 4.79 Å². The summed E-state index contributed by atoms with van der Waals surface area (Å²) in [6.07, 6.45) is -0.246. The number of nitrogens with one attached hydrogen (secondary N) is 1. The molecule has 1 rings (SSSR count). The Hall–Kier alpha value is -0.920. The predicted molar refractivity (Wildman–Crippen MR) is 80.1 cm³/mol. The van der Waals surface area contributed by atoms with Crippen LogP contribution in [-0.2, 0) is 14.8 Å². The summed E-state index contributed by atoms with van der Waals surface area (Å²) in [6, 6.07) is 4.32. The maximum Gasteiger partial charge on any atom is 0.304 e. The lowest BCUT2D eigenvalue weighted by Gasteiger charge is -2.21. The van der Waals surface area contributed by atoms with Crippen molar-refractivity contribution in [2.75, 3.05) is 0 Å². The van der Waals surface area contributed by atoms with E-state index in [1.807, 2.05) is 0 Å². The van der Waals surface area contributed by atoms with Gasteiger partial charge in [-0.1, -0.05) is 35.8 Å². The Kier molecular flexibility index (Phi) is 5.73. The first-order valence-corrected chi connectivity index (χ1v) is 8.41. The van der Waals surface area contributed by atoms with Crippen molar-refractivity contribution >= 4 is 31.9 Å². The molecular formula is C13H18BrNO4S. The van der Waals surface area contributed by atoms with Crippen LogP contribution in [-0.4, -0.2) is 25.5 Å². The smallest absolute Gasteiger partial charge is 0.304 e. The van der Waals surface area contributed by atoms with E-state index in [9.17, 15) is 13.2 Å². The van der Waals surface area contributed by atoms with Gasteiger partial charge in [0.2, 0.25) is 10.0 Å². The summed E-state index contributed by atoms with van der Waals surface area (Å²) in [5.41, 5.74) is 0.610. The Morgan fingerprint density at radius 1 is 1.40 bits per heavy atom. The number of hydrogen-bond donors (Lipinski definition) is 2. The van der Waals surface area contributed by atoms with E-state index in [2.05, 4.69) is 20.7 Å². The van der Waals surface area contributed by atoms with Gasteiger partial charge in [-0.05, 0) is 30.5 Å². The zero-order valence-electron chi connectivity index (χ0n) is 11.6. The minimum atomic E-state index is -3.75. The van der Waals surface area contributed by atoms with E-state index in [1.165, 1.54) is 6.07 Å². The first-order chi connectivity index (χ1) is 9.13. The fraction of sp³-hybridized carbons (Fsp3) is 0.462. The van der Waals surface area contributed by atoms with Crippen molar-refractivity contribution in [1.82, 2.24) is 4.72 Å². The number of sulfonamides is 1. The molecular weight excluding hydrogens is 346 g/mol. The van der Waals surface area contributed by atoms with Gasteiger partial charge in [-0.25, -0.2) is 13.1 Å². The first-order valence-electron chi connectivity index (χ1n) is 6.13. The Bertz CT molecular complexity index is 598. The Morgan fingerprint density at radius 3 is 2.50 bits per heavy atom. The van der Waals surface area contributed by atoms with Gasteiger partial charge in [0, 0.05) is 10.5 Å². The molecule has 0 aliphatic rings. The molecule has 1 atom stereocenters. The van der Waals surface area contributed by atoms with E-state index in [4.69, 9.17) is 5.11 Å². The van der Waals surface area contributed by atoms with E-state index in [0.29, 0.717) is 10.0 Å². The molecule has 0 fully saturated rings. The normalized spacial score (nSPS) is 13.4. The lowest BCUT2D eigenvalue weighted by molar-refractivity contribution is -0.137. The number of aryl methyl sites for hydroxylation is 1. The average Bonchev–Trinajstić information content (AvgIpc) is 2.30. The molecule has 1 aromatic carbocycles. The number of carboxylic acids is 1. The van der Waals surface area contributed by atoms with E-state index >= 15 is 0 Å². The van der Waals surface area contributed by atoms with Crippen LogP contribution in [0, 0.1) is 12.8 Å². The number of carbonyl (C=O) groups is 1. The first kappa shape index (κ1) is 17.1. The Morgan fingerprint density at radius 2 is 2.00 bits per heavy atom. The number of hydrogen-bond acceptors (Lipinski definition) is 3. The molecule has 112 valence electrons. The van der Waals surface area contributed by atoms with Crippen LogP contribution in [0.25, 0.3) is 0 Å². The van der Waals surface area contributed by atoms with Gasteiger partial charge in [0.1, 0.15) is 0 Å². The van der Waals surface area contributed by atoms with Crippen LogP contribution < -0.4 is 4.72 Å². The maximum absolute atomic E-state index is 12.4. The molecule has 0 radical (unpaired) electrons. The second-order valence-electron chi connectivity index (χ2n) is 4.98. The summed E-state index contributed by atoms with van der Waals surface area (Å²) in [6.45, 7) is 5.26.